The lowest BCUT2D eigenvalue weighted by atomic mass is 9.80. The van der Waals surface area contributed by atoms with Crippen molar-refractivity contribution in [2.24, 2.45) is 0 Å². The molecule has 190 valence electrons. The number of halogens is 2. The average Bonchev–Trinajstić information content (AvgIpc) is 3.37. The molecule has 1 heterocycles. The van der Waals surface area contributed by atoms with Gasteiger partial charge in [-0.3, -0.25) is 4.79 Å². The second kappa shape index (κ2) is 12.7. The number of nitrogens with zero attached hydrogens (tertiary/aromatic N) is 2. The molecular weight excluding hydrogens is 702 g/mol. The second-order valence-electron chi connectivity index (χ2n) is 8.64. The van der Waals surface area contributed by atoms with Gasteiger partial charge in [-0.1, -0.05) is 24.3 Å². The molecule has 1 atom stereocenters. The van der Waals surface area contributed by atoms with Crippen LogP contribution >= 0.6 is 57.1 Å². The fourth-order valence-electron chi connectivity index (χ4n) is 4.52. The molecule has 0 radical (unpaired) electrons. The molecule has 9 heteroatoms. The molecule has 0 saturated carbocycles. The Morgan fingerprint density at radius 3 is 2.47 bits per heavy atom. The minimum atomic E-state index is -0.401. The molecule has 0 saturated heterocycles. The monoisotopic (exact) mass is 730 g/mol. The molecule has 1 aliphatic carbocycles. The molecule has 0 bridgehead atoms. The van der Waals surface area contributed by atoms with Crippen molar-refractivity contribution in [3.63, 3.8) is 0 Å². The van der Waals surface area contributed by atoms with Crippen LogP contribution in [0.5, 0.6) is 0 Å². The minimum absolute atomic E-state index is 0.172. The molecule has 1 aromatic heterocycles. The second-order valence-corrected chi connectivity index (χ2v) is 11.6. The van der Waals surface area contributed by atoms with Gasteiger partial charge in [-0.05, 0) is 77.9 Å². The van der Waals surface area contributed by atoms with Crippen LogP contribution in [0.1, 0.15) is 56.2 Å². The Bertz CT molecular complexity index is 1210. The van der Waals surface area contributed by atoms with Crippen molar-refractivity contribution >= 4 is 79.6 Å². The maximum absolute atomic E-state index is 13.4. The number of amides is 1. The van der Waals surface area contributed by atoms with Crippen molar-refractivity contribution in [1.29, 1.82) is 0 Å². The van der Waals surface area contributed by atoms with Crippen molar-refractivity contribution in [3.05, 3.63) is 81.7 Å². The number of aryl methyl sites for hydroxylation is 1. The van der Waals surface area contributed by atoms with Crippen molar-refractivity contribution in [3.8, 4) is 0 Å². The van der Waals surface area contributed by atoms with Crippen molar-refractivity contribution in [2.75, 3.05) is 33.6 Å². The van der Waals surface area contributed by atoms with Crippen LogP contribution in [-0.2, 0) is 22.3 Å². The van der Waals surface area contributed by atoms with Crippen LogP contribution in [-0.4, -0.2) is 39.2 Å². The van der Waals surface area contributed by atoms with E-state index >= 15 is 0 Å². The van der Waals surface area contributed by atoms with E-state index in [0.29, 0.717) is 22.7 Å². The van der Waals surface area contributed by atoms with Crippen molar-refractivity contribution in [1.82, 2.24) is 0 Å². The van der Waals surface area contributed by atoms with Gasteiger partial charge in [0.25, 0.3) is 5.91 Å². The molecule has 0 N–H and O–H groups in total. The topological polar surface area (TPSA) is 59.1 Å². The molecule has 0 spiro atoms. The summed E-state index contributed by atoms with van der Waals surface area (Å²) < 4.78 is 13.9. The Kier molecular flexibility index (Phi) is 9.65. The van der Waals surface area contributed by atoms with E-state index < -0.39 is 5.97 Å². The number of fused-ring (bicyclic) bond motifs is 1. The molecule has 0 aliphatic heterocycles. The number of esters is 1. The fourth-order valence-corrected chi connectivity index (χ4v) is 7.09. The standard InChI is InChI=1S/C27H28I2N2O4S/c1-34-15-5-14-30(28)22-12-10-19(11-13-22)25(32)31(29)26-24(27(33)35-2)23(17-36-26)21-9-8-18-6-3-4-7-20(18)16-21/h3-4,6-7,10-13,17,21H,5,8-9,14-16H2,1-2H3. The number of carbonyl (C=O) groups is 2. The maximum Gasteiger partial charge on any atom is 0.341 e. The van der Waals surface area contributed by atoms with Gasteiger partial charge in [0.05, 0.1) is 58.4 Å². The first kappa shape index (κ1) is 27.3. The molecule has 1 aliphatic rings. The third-order valence-corrected chi connectivity index (χ3v) is 9.70. The summed E-state index contributed by atoms with van der Waals surface area (Å²) in [4.78, 5) is 26.3. The lowest BCUT2D eigenvalue weighted by Gasteiger charge is -2.25. The number of benzene rings is 2. The largest absolute Gasteiger partial charge is 0.465 e. The van der Waals surface area contributed by atoms with E-state index in [1.54, 1.807) is 10.2 Å². The van der Waals surface area contributed by atoms with E-state index in [4.69, 9.17) is 9.47 Å². The van der Waals surface area contributed by atoms with E-state index in [2.05, 4.69) is 50.2 Å². The fraction of sp³-hybridized carbons (Fsp3) is 0.333. The van der Waals surface area contributed by atoms with Gasteiger partial charge in [0.1, 0.15) is 5.00 Å². The number of carbonyl (C=O) groups excluding carboxylic acids is 2. The molecule has 6 nitrogen and oxygen atoms in total. The summed E-state index contributed by atoms with van der Waals surface area (Å²) in [6, 6.07) is 16.0. The molecule has 4 rings (SSSR count). The first-order valence-corrected chi connectivity index (χ1v) is 14.5. The summed E-state index contributed by atoms with van der Waals surface area (Å²) >= 11 is 5.69. The summed E-state index contributed by atoms with van der Waals surface area (Å²) in [5.74, 6) is -0.360. The highest BCUT2D eigenvalue weighted by molar-refractivity contribution is 14.1. The van der Waals surface area contributed by atoms with E-state index in [1.165, 1.54) is 29.6 Å². The van der Waals surface area contributed by atoms with Gasteiger partial charge in [0.2, 0.25) is 0 Å². The number of methoxy groups -OCH3 is 2. The number of thiophene rings is 1. The summed E-state index contributed by atoms with van der Waals surface area (Å²) in [5, 5.41) is 2.64. The highest BCUT2D eigenvalue weighted by Gasteiger charge is 2.31. The van der Waals surface area contributed by atoms with Crippen LogP contribution in [0.3, 0.4) is 0 Å². The van der Waals surface area contributed by atoms with Crippen LogP contribution in [0.25, 0.3) is 0 Å². The predicted molar refractivity (Wildman–Crippen MR) is 162 cm³/mol. The van der Waals surface area contributed by atoms with Gasteiger partial charge in [0.15, 0.2) is 0 Å². The van der Waals surface area contributed by atoms with Crippen LogP contribution in [0, 0.1) is 0 Å². The van der Waals surface area contributed by atoms with Gasteiger partial charge in [-0.2, -0.15) is 0 Å². The summed E-state index contributed by atoms with van der Waals surface area (Å²) in [5.41, 5.74) is 5.76. The predicted octanol–water partition coefficient (Wildman–Crippen LogP) is 7.00. The zero-order valence-electron chi connectivity index (χ0n) is 20.2. The molecular formula is C27H28I2N2O4S. The number of hydrogen-bond acceptors (Lipinski definition) is 6. The van der Waals surface area contributed by atoms with Crippen LogP contribution < -0.4 is 6.23 Å². The Hall–Kier alpha value is -1.70. The highest BCUT2D eigenvalue weighted by atomic mass is 127. The lowest BCUT2D eigenvalue weighted by molar-refractivity contribution is 0.0600. The molecule has 1 unspecified atom stereocenters. The molecule has 2 aromatic carbocycles. The van der Waals surface area contributed by atoms with Crippen LogP contribution in [0.2, 0.25) is 0 Å². The first-order chi connectivity index (χ1) is 17.4. The normalized spacial score (nSPS) is 14.7. The summed E-state index contributed by atoms with van der Waals surface area (Å²) in [6.45, 7) is 1.56. The highest BCUT2D eigenvalue weighted by Crippen LogP contribution is 2.42. The number of anilines is 2. The Morgan fingerprint density at radius 2 is 1.78 bits per heavy atom. The van der Waals surface area contributed by atoms with Gasteiger partial charge < -0.3 is 12.6 Å². The van der Waals surface area contributed by atoms with E-state index in [9.17, 15) is 9.59 Å². The minimum Gasteiger partial charge on any atom is -0.465 e. The summed E-state index contributed by atoms with van der Waals surface area (Å²) in [7, 11) is 3.09. The van der Waals surface area contributed by atoms with E-state index in [1.807, 2.05) is 52.5 Å². The number of hydrogen-bond donors (Lipinski definition) is 0. The molecule has 1 amide bonds. The van der Waals surface area contributed by atoms with Crippen molar-refractivity contribution < 1.29 is 19.1 Å². The third kappa shape index (κ3) is 6.05. The van der Waals surface area contributed by atoms with E-state index in [0.717, 1.165) is 43.5 Å². The zero-order valence-corrected chi connectivity index (χ0v) is 25.3. The van der Waals surface area contributed by atoms with Gasteiger partial charge in [-0.15, -0.1) is 11.3 Å². The molecule has 0 fully saturated rings. The van der Waals surface area contributed by atoms with Gasteiger partial charge in [0, 0.05) is 31.5 Å². The van der Waals surface area contributed by atoms with Gasteiger partial charge >= 0.3 is 5.97 Å². The zero-order chi connectivity index (χ0) is 25.7. The SMILES string of the molecule is COCCCN(I)c1ccc(C(=O)N(I)c2scc(C3CCc4ccccc4C3)c2C(=O)OC)cc1. The molecule has 36 heavy (non-hydrogen) atoms. The average molecular weight is 730 g/mol. The Labute approximate surface area is 244 Å². The van der Waals surface area contributed by atoms with E-state index in [-0.39, 0.29) is 11.8 Å². The summed E-state index contributed by atoms with van der Waals surface area (Å²) in [6.07, 6.45) is 3.74. The quantitative estimate of drug-likeness (QED) is 0.103. The van der Waals surface area contributed by atoms with Crippen LogP contribution in [0.15, 0.2) is 53.9 Å². The smallest absolute Gasteiger partial charge is 0.341 e. The van der Waals surface area contributed by atoms with Crippen molar-refractivity contribution in [2.45, 2.75) is 31.6 Å². The van der Waals surface area contributed by atoms with Gasteiger partial charge in [-0.25, -0.2) is 7.91 Å². The molecule has 3 aromatic rings. The maximum atomic E-state index is 13.4. The van der Waals surface area contributed by atoms with Crippen LogP contribution in [0.4, 0.5) is 10.7 Å². The number of ether oxygens (including phenoxy) is 2. The first-order valence-electron chi connectivity index (χ1n) is 11.7. The number of rotatable bonds is 9. The Morgan fingerprint density at radius 1 is 1.06 bits per heavy atom. The third-order valence-electron chi connectivity index (χ3n) is 6.43. The Balaban J connectivity index is 1.55. The lowest BCUT2D eigenvalue weighted by Crippen LogP contribution is -2.22.